The van der Waals surface area contributed by atoms with Crippen LogP contribution in [0.15, 0.2) is 22.7 Å². The molecule has 1 fully saturated rings. The maximum absolute atomic E-state index is 10.9. The monoisotopic (exact) mass is 317 g/mol. The molecule has 17 heavy (non-hydrogen) atoms. The molecule has 0 amide bonds. The topological polar surface area (TPSA) is 52.4 Å². The first-order chi connectivity index (χ1) is 8.08. The number of nitro groups is 1. The lowest BCUT2D eigenvalue weighted by Gasteiger charge is -2.14. The number of hydrogen-bond donors (Lipinski definition) is 1. The fourth-order valence-electron chi connectivity index (χ4n) is 1.53. The minimum atomic E-state index is -0.430. The van der Waals surface area contributed by atoms with E-state index in [0.29, 0.717) is 16.8 Å². The molecule has 4 nitrogen and oxygen atoms in total. The second-order valence-electron chi connectivity index (χ2n) is 4.29. The van der Waals surface area contributed by atoms with Gasteiger partial charge in [0, 0.05) is 11.5 Å². The maximum atomic E-state index is 10.9. The molecule has 0 heterocycles. The van der Waals surface area contributed by atoms with E-state index in [4.69, 9.17) is 4.74 Å². The highest BCUT2D eigenvalue weighted by Crippen LogP contribution is 2.47. The number of nitrogens with zero attached hydrogens (tertiary/aromatic N) is 1. The van der Waals surface area contributed by atoms with Crippen molar-refractivity contribution >= 4 is 34.2 Å². The van der Waals surface area contributed by atoms with Gasteiger partial charge in [0.2, 0.25) is 5.75 Å². The molecule has 0 N–H and O–H groups in total. The molecule has 1 aromatic rings. The lowest BCUT2D eigenvalue weighted by atomic mass is 10.2. The third-order valence-electron chi connectivity index (χ3n) is 2.96. The first-order valence-corrected chi connectivity index (χ1v) is 6.67. The van der Waals surface area contributed by atoms with E-state index in [1.807, 2.05) is 0 Å². The molecule has 1 aromatic carbocycles. The summed E-state index contributed by atoms with van der Waals surface area (Å²) in [5.74, 6) is 1.07. The molecule has 0 aliphatic heterocycles. The molecule has 0 spiro atoms. The van der Waals surface area contributed by atoms with Crippen LogP contribution in [0.4, 0.5) is 5.69 Å². The third kappa shape index (κ3) is 2.74. The van der Waals surface area contributed by atoms with Gasteiger partial charge in [0.15, 0.2) is 0 Å². The van der Waals surface area contributed by atoms with Crippen molar-refractivity contribution in [2.75, 3.05) is 12.4 Å². The smallest absolute Gasteiger partial charge is 0.312 e. The molecule has 0 saturated heterocycles. The van der Waals surface area contributed by atoms with Crippen molar-refractivity contribution in [2.24, 2.45) is 5.41 Å². The molecule has 1 aliphatic rings. The van der Waals surface area contributed by atoms with Crippen LogP contribution in [0.3, 0.4) is 0 Å². The van der Waals surface area contributed by atoms with E-state index in [0.717, 1.165) is 18.6 Å². The van der Waals surface area contributed by atoms with Gasteiger partial charge in [0.1, 0.15) is 0 Å². The quantitative estimate of drug-likeness (QED) is 0.514. The molecule has 0 atom stereocenters. The zero-order chi connectivity index (χ0) is 12.5. The Morgan fingerprint density at radius 1 is 1.53 bits per heavy atom. The normalized spacial score (nSPS) is 16.6. The maximum Gasteiger partial charge on any atom is 0.312 e. The average Bonchev–Trinajstić information content (AvgIpc) is 3.08. The van der Waals surface area contributed by atoms with Crippen LogP contribution in [0.25, 0.3) is 0 Å². The van der Waals surface area contributed by atoms with E-state index >= 15 is 0 Å². The first-order valence-electron chi connectivity index (χ1n) is 5.24. The van der Waals surface area contributed by atoms with Gasteiger partial charge < -0.3 is 4.74 Å². The lowest BCUT2D eigenvalue weighted by Crippen LogP contribution is -2.15. The van der Waals surface area contributed by atoms with Gasteiger partial charge in [0.25, 0.3) is 0 Å². The van der Waals surface area contributed by atoms with Crippen LogP contribution in [-0.4, -0.2) is 17.3 Å². The fraction of sp³-hybridized carbons (Fsp3) is 0.455. The highest BCUT2D eigenvalue weighted by Gasteiger charge is 2.42. The number of nitro benzene ring substituents is 1. The lowest BCUT2D eigenvalue weighted by molar-refractivity contribution is -0.386. The van der Waals surface area contributed by atoms with E-state index in [9.17, 15) is 10.1 Å². The predicted octanol–water partition coefficient (Wildman–Crippen LogP) is 3.45. The average molecular weight is 318 g/mol. The van der Waals surface area contributed by atoms with Gasteiger partial charge >= 0.3 is 5.69 Å². The van der Waals surface area contributed by atoms with Crippen molar-refractivity contribution in [3.05, 3.63) is 32.8 Å². The molecule has 6 heteroatoms. The second-order valence-corrected chi connectivity index (χ2v) is 5.46. The van der Waals surface area contributed by atoms with E-state index in [1.54, 1.807) is 12.1 Å². The fourth-order valence-corrected chi connectivity index (χ4v) is 2.41. The van der Waals surface area contributed by atoms with E-state index < -0.39 is 4.92 Å². The summed E-state index contributed by atoms with van der Waals surface area (Å²) in [6.45, 7) is 0.486. The van der Waals surface area contributed by atoms with Crippen molar-refractivity contribution in [3.63, 3.8) is 0 Å². The van der Waals surface area contributed by atoms with Crippen LogP contribution in [0.2, 0.25) is 0 Å². The second kappa shape index (κ2) is 4.86. The number of thiol groups is 1. The summed E-state index contributed by atoms with van der Waals surface area (Å²) < 4.78 is 6.22. The largest absolute Gasteiger partial charge is 0.485 e. The summed E-state index contributed by atoms with van der Waals surface area (Å²) in [5, 5.41) is 10.9. The SMILES string of the molecule is O=[N+]([O-])c1cccc(Br)c1OCC1(CS)CC1. The summed E-state index contributed by atoms with van der Waals surface area (Å²) in [6.07, 6.45) is 2.16. The molecule has 1 aliphatic carbocycles. The molecule has 0 unspecified atom stereocenters. The van der Waals surface area contributed by atoms with Gasteiger partial charge in [-0.15, -0.1) is 0 Å². The Balaban J connectivity index is 2.17. The van der Waals surface area contributed by atoms with Crippen LogP contribution in [0.5, 0.6) is 5.75 Å². The number of hydrogen-bond acceptors (Lipinski definition) is 4. The van der Waals surface area contributed by atoms with Crippen LogP contribution in [0.1, 0.15) is 12.8 Å². The molecule has 92 valence electrons. The third-order valence-corrected chi connectivity index (χ3v) is 4.25. The number of benzene rings is 1. The Bertz CT molecular complexity index is 448. The molecule has 0 radical (unpaired) electrons. The van der Waals surface area contributed by atoms with Gasteiger partial charge in [-0.3, -0.25) is 10.1 Å². The summed E-state index contributed by atoms with van der Waals surface area (Å²) in [4.78, 5) is 10.4. The Kier molecular flexibility index (Phi) is 3.63. The van der Waals surface area contributed by atoms with Crippen molar-refractivity contribution in [2.45, 2.75) is 12.8 Å². The van der Waals surface area contributed by atoms with Gasteiger partial charge in [0.05, 0.1) is 16.0 Å². The Morgan fingerprint density at radius 2 is 2.24 bits per heavy atom. The van der Waals surface area contributed by atoms with E-state index in [2.05, 4.69) is 28.6 Å². The summed E-state index contributed by atoms with van der Waals surface area (Å²) in [7, 11) is 0. The van der Waals surface area contributed by atoms with Crippen LogP contribution in [-0.2, 0) is 0 Å². The van der Waals surface area contributed by atoms with Crippen molar-refractivity contribution < 1.29 is 9.66 Å². The van der Waals surface area contributed by atoms with Gasteiger partial charge in [-0.05, 0) is 40.6 Å². The first kappa shape index (κ1) is 12.7. The van der Waals surface area contributed by atoms with Gasteiger partial charge in [-0.2, -0.15) is 12.6 Å². The zero-order valence-corrected chi connectivity index (χ0v) is 11.5. The van der Waals surface area contributed by atoms with Crippen LogP contribution >= 0.6 is 28.6 Å². The molecule has 2 rings (SSSR count). The summed E-state index contributed by atoms with van der Waals surface area (Å²) in [5.41, 5.74) is 0.112. The van der Waals surface area contributed by atoms with Crippen LogP contribution < -0.4 is 4.74 Å². The summed E-state index contributed by atoms with van der Waals surface area (Å²) in [6, 6.07) is 4.81. The van der Waals surface area contributed by atoms with E-state index in [-0.39, 0.29) is 11.1 Å². The van der Waals surface area contributed by atoms with Gasteiger partial charge in [-0.1, -0.05) is 6.07 Å². The predicted molar refractivity (Wildman–Crippen MR) is 71.8 cm³/mol. The highest BCUT2D eigenvalue weighted by atomic mass is 79.9. The Labute approximate surface area is 113 Å². The number of ether oxygens (including phenoxy) is 1. The molecule has 1 saturated carbocycles. The molecular formula is C11H12BrNO3S. The standard InChI is InChI=1S/C11H12BrNO3S/c12-8-2-1-3-9(13(14)15)10(8)16-6-11(7-17)4-5-11/h1-3,17H,4-7H2. The highest BCUT2D eigenvalue weighted by molar-refractivity contribution is 9.10. The van der Waals surface area contributed by atoms with E-state index in [1.165, 1.54) is 6.07 Å². The number of rotatable bonds is 5. The summed E-state index contributed by atoms with van der Waals surface area (Å²) >= 11 is 7.55. The van der Waals surface area contributed by atoms with Crippen LogP contribution in [0, 0.1) is 15.5 Å². The zero-order valence-electron chi connectivity index (χ0n) is 9.06. The Hall–Kier alpha value is -0.750. The molecular weight excluding hydrogens is 306 g/mol. The molecule has 0 aromatic heterocycles. The molecule has 0 bridgehead atoms. The van der Waals surface area contributed by atoms with Gasteiger partial charge in [-0.25, -0.2) is 0 Å². The number of para-hydroxylation sites is 1. The minimum absolute atomic E-state index is 0.00524. The minimum Gasteiger partial charge on any atom is -0.485 e. The van der Waals surface area contributed by atoms with Crippen molar-refractivity contribution in [1.29, 1.82) is 0 Å². The Morgan fingerprint density at radius 3 is 2.76 bits per heavy atom. The van der Waals surface area contributed by atoms with Crippen molar-refractivity contribution in [3.8, 4) is 5.75 Å². The number of halogens is 1. The van der Waals surface area contributed by atoms with Crippen molar-refractivity contribution in [1.82, 2.24) is 0 Å².